The van der Waals surface area contributed by atoms with Crippen molar-refractivity contribution in [3.8, 4) is 5.75 Å². The van der Waals surface area contributed by atoms with Crippen molar-refractivity contribution in [2.45, 2.75) is 40.2 Å². The molecular formula is C23H33N5O. The molecule has 1 aromatic heterocycles. The van der Waals surface area contributed by atoms with Gasteiger partial charge >= 0.3 is 0 Å². The zero-order valence-corrected chi connectivity index (χ0v) is 17.9. The lowest BCUT2D eigenvalue weighted by Gasteiger charge is -2.19. The Balaban J connectivity index is 1.52. The van der Waals surface area contributed by atoms with Crippen molar-refractivity contribution in [3.05, 3.63) is 53.2 Å². The van der Waals surface area contributed by atoms with E-state index < -0.39 is 0 Å². The summed E-state index contributed by atoms with van der Waals surface area (Å²) in [5.74, 6) is 2.90. The molecule has 6 heteroatoms. The monoisotopic (exact) mass is 395 g/mol. The number of aliphatic imine (C=N–C) groups is 1. The van der Waals surface area contributed by atoms with Gasteiger partial charge in [0.25, 0.3) is 0 Å². The van der Waals surface area contributed by atoms with E-state index in [9.17, 15) is 0 Å². The molecule has 0 fully saturated rings. The third-order valence-corrected chi connectivity index (χ3v) is 5.12. The molecule has 29 heavy (non-hydrogen) atoms. The first-order valence-electron chi connectivity index (χ1n) is 10.7. The molecule has 156 valence electrons. The van der Waals surface area contributed by atoms with Gasteiger partial charge in [-0.1, -0.05) is 18.2 Å². The lowest BCUT2D eigenvalue weighted by atomic mass is 10.1. The molecule has 6 nitrogen and oxygen atoms in total. The van der Waals surface area contributed by atoms with Gasteiger partial charge in [-0.05, 0) is 56.0 Å². The van der Waals surface area contributed by atoms with Crippen LogP contribution in [-0.4, -0.2) is 43.7 Å². The highest BCUT2D eigenvalue weighted by Gasteiger charge is 2.11. The van der Waals surface area contributed by atoms with Crippen molar-refractivity contribution >= 4 is 11.8 Å². The van der Waals surface area contributed by atoms with Crippen LogP contribution in [0.4, 0.5) is 5.82 Å². The Bertz CT molecular complexity index is 799. The number of anilines is 1. The van der Waals surface area contributed by atoms with Gasteiger partial charge in [-0.3, -0.25) is 0 Å². The third kappa shape index (κ3) is 5.86. The number of nitrogens with one attached hydrogen (secondary N) is 2. The standard InChI is InChI=1S/C23H33N5O/c1-4-24-23(25-13-11-18-7-9-21-20(15-18)12-14-29-21)27-17-19-8-10-22(26-16-19)28(5-2)6-3/h7-10,15-16H,4-6,11-14,17H2,1-3H3,(H2,24,25,27). The Hall–Kier alpha value is -2.76. The summed E-state index contributed by atoms with van der Waals surface area (Å²) in [4.78, 5) is 11.5. The smallest absolute Gasteiger partial charge is 0.191 e. The summed E-state index contributed by atoms with van der Waals surface area (Å²) in [6.45, 7) is 11.4. The molecule has 0 atom stereocenters. The normalized spacial score (nSPS) is 13.0. The van der Waals surface area contributed by atoms with Crippen molar-refractivity contribution in [3.63, 3.8) is 0 Å². The van der Waals surface area contributed by atoms with Crippen LogP contribution in [0, 0.1) is 0 Å². The van der Waals surface area contributed by atoms with E-state index in [1.165, 1.54) is 11.1 Å². The predicted octanol–water partition coefficient (Wildman–Crippen LogP) is 3.16. The molecule has 2 N–H and O–H groups in total. The fraction of sp³-hybridized carbons (Fsp3) is 0.478. The Morgan fingerprint density at radius 2 is 1.93 bits per heavy atom. The average Bonchev–Trinajstić information content (AvgIpc) is 3.22. The Kier molecular flexibility index (Phi) is 7.73. The van der Waals surface area contributed by atoms with E-state index >= 15 is 0 Å². The highest BCUT2D eigenvalue weighted by atomic mass is 16.5. The van der Waals surface area contributed by atoms with Crippen LogP contribution >= 0.6 is 0 Å². The van der Waals surface area contributed by atoms with Crippen molar-refractivity contribution < 1.29 is 4.74 Å². The molecular weight excluding hydrogens is 362 g/mol. The van der Waals surface area contributed by atoms with Gasteiger partial charge in [0.1, 0.15) is 11.6 Å². The maximum absolute atomic E-state index is 5.58. The minimum absolute atomic E-state index is 0.608. The molecule has 1 aliphatic heterocycles. The predicted molar refractivity (Wildman–Crippen MR) is 120 cm³/mol. The van der Waals surface area contributed by atoms with Crippen LogP contribution in [-0.2, 0) is 19.4 Å². The minimum atomic E-state index is 0.608. The number of pyridine rings is 1. The van der Waals surface area contributed by atoms with E-state index in [1.54, 1.807) is 0 Å². The molecule has 3 rings (SSSR count). The summed E-state index contributed by atoms with van der Waals surface area (Å²) >= 11 is 0. The second-order valence-corrected chi connectivity index (χ2v) is 7.11. The van der Waals surface area contributed by atoms with Gasteiger partial charge in [-0.2, -0.15) is 0 Å². The molecule has 2 aromatic rings. The molecule has 0 bridgehead atoms. The molecule has 0 aliphatic carbocycles. The van der Waals surface area contributed by atoms with Crippen LogP contribution in [0.2, 0.25) is 0 Å². The van der Waals surface area contributed by atoms with Crippen molar-refractivity contribution in [2.75, 3.05) is 37.7 Å². The van der Waals surface area contributed by atoms with Gasteiger partial charge in [-0.25, -0.2) is 9.98 Å². The Labute approximate surface area is 174 Å². The summed E-state index contributed by atoms with van der Waals surface area (Å²) in [5.41, 5.74) is 3.76. The lowest BCUT2D eigenvalue weighted by Crippen LogP contribution is -2.38. The quantitative estimate of drug-likeness (QED) is 0.504. The molecule has 0 unspecified atom stereocenters. The fourth-order valence-electron chi connectivity index (χ4n) is 3.48. The first-order valence-corrected chi connectivity index (χ1v) is 10.7. The number of benzene rings is 1. The van der Waals surface area contributed by atoms with E-state index in [1.807, 2.05) is 6.20 Å². The number of guanidine groups is 1. The van der Waals surface area contributed by atoms with E-state index in [-0.39, 0.29) is 0 Å². The van der Waals surface area contributed by atoms with Crippen LogP contribution in [0.1, 0.15) is 37.5 Å². The highest BCUT2D eigenvalue weighted by Crippen LogP contribution is 2.25. The maximum atomic E-state index is 5.58. The Morgan fingerprint density at radius 3 is 2.66 bits per heavy atom. The lowest BCUT2D eigenvalue weighted by molar-refractivity contribution is 0.357. The second kappa shape index (κ2) is 10.7. The SMILES string of the molecule is CCNC(=NCc1ccc(N(CC)CC)nc1)NCCc1ccc2c(c1)CCO2. The molecule has 1 aliphatic rings. The van der Waals surface area contributed by atoms with Gasteiger partial charge in [0, 0.05) is 38.8 Å². The molecule has 0 radical (unpaired) electrons. The topological polar surface area (TPSA) is 61.8 Å². The van der Waals surface area contributed by atoms with Gasteiger partial charge < -0.3 is 20.3 Å². The zero-order valence-electron chi connectivity index (χ0n) is 17.9. The van der Waals surface area contributed by atoms with Crippen molar-refractivity contribution in [1.82, 2.24) is 15.6 Å². The number of hydrogen-bond acceptors (Lipinski definition) is 4. The number of aromatic nitrogens is 1. The van der Waals surface area contributed by atoms with Crippen LogP contribution in [0.5, 0.6) is 5.75 Å². The van der Waals surface area contributed by atoms with Gasteiger partial charge in [-0.15, -0.1) is 0 Å². The van der Waals surface area contributed by atoms with Crippen molar-refractivity contribution in [2.24, 2.45) is 4.99 Å². The largest absolute Gasteiger partial charge is 0.493 e. The molecule has 0 saturated heterocycles. The molecule has 2 heterocycles. The highest BCUT2D eigenvalue weighted by molar-refractivity contribution is 5.79. The number of hydrogen-bond donors (Lipinski definition) is 2. The van der Waals surface area contributed by atoms with E-state index in [2.05, 4.69) is 71.6 Å². The van der Waals surface area contributed by atoms with Crippen LogP contribution in [0.15, 0.2) is 41.5 Å². The second-order valence-electron chi connectivity index (χ2n) is 7.11. The molecule has 0 amide bonds. The number of ether oxygens (including phenoxy) is 1. The number of rotatable bonds is 9. The summed E-state index contributed by atoms with van der Waals surface area (Å²) in [6, 6.07) is 10.7. The summed E-state index contributed by atoms with van der Waals surface area (Å²) < 4.78 is 5.58. The molecule has 0 spiro atoms. The Morgan fingerprint density at radius 1 is 1.10 bits per heavy atom. The van der Waals surface area contributed by atoms with Gasteiger partial charge in [0.05, 0.1) is 13.2 Å². The maximum Gasteiger partial charge on any atom is 0.191 e. The van der Waals surface area contributed by atoms with E-state index in [0.717, 1.165) is 68.7 Å². The number of fused-ring (bicyclic) bond motifs is 1. The summed E-state index contributed by atoms with van der Waals surface area (Å²) in [6.07, 6.45) is 3.90. The van der Waals surface area contributed by atoms with E-state index in [4.69, 9.17) is 9.73 Å². The van der Waals surface area contributed by atoms with Crippen LogP contribution in [0.25, 0.3) is 0 Å². The van der Waals surface area contributed by atoms with E-state index in [0.29, 0.717) is 6.54 Å². The fourth-order valence-corrected chi connectivity index (χ4v) is 3.48. The molecule has 0 saturated carbocycles. The zero-order chi connectivity index (χ0) is 20.5. The molecule has 1 aromatic carbocycles. The third-order valence-electron chi connectivity index (χ3n) is 5.12. The minimum Gasteiger partial charge on any atom is -0.493 e. The van der Waals surface area contributed by atoms with Crippen LogP contribution < -0.4 is 20.3 Å². The summed E-state index contributed by atoms with van der Waals surface area (Å²) in [5, 5.41) is 6.75. The van der Waals surface area contributed by atoms with Crippen molar-refractivity contribution in [1.29, 1.82) is 0 Å². The first kappa shape index (κ1) is 21.0. The average molecular weight is 396 g/mol. The van der Waals surface area contributed by atoms with Gasteiger partial charge in [0.15, 0.2) is 5.96 Å². The van der Waals surface area contributed by atoms with Crippen LogP contribution in [0.3, 0.4) is 0 Å². The van der Waals surface area contributed by atoms with Gasteiger partial charge in [0.2, 0.25) is 0 Å². The number of nitrogens with zero attached hydrogens (tertiary/aromatic N) is 3. The first-order chi connectivity index (χ1) is 14.2. The summed E-state index contributed by atoms with van der Waals surface area (Å²) in [7, 11) is 0.